The molecule has 0 saturated carbocycles. The number of sulfonamides is 1. The van der Waals surface area contributed by atoms with Crippen molar-refractivity contribution in [3.63, 3.8) is 0 Å². The van der Waals surface area contributed by atoms with Crippen LogP contribution in [0.25, 0.3) is 11.0 Å². The number of fused-ring (bicyclic) bond motifs is 1. The first kappa shape index (κ1) is 17.5. The van der Waals surface area contributed by atoms with Crippen LogP contribution >= 0.6 is 0 Å². The smallest absolute Gasteiger partial charge is 0.229 e. The van der Waals surface area contributed by atoms with Gasteiger partial charge in [0.05, 0.1) is 17.3 Å². The highest BCUT2D eigenvalue weighted by Gasteiger charge is 2.10. The van der Waals surface area contributed by atoms with Gasteiger partial charge in [-0.3, -0.25) is 4.72 Å². The number of benzene rings is 2. The van der Waals surface area contributed by atoms with E-state index < -0.39 is 10.0 Å². The second-order valence-electron chi connectivity index (χ2n) is 6.24. The summed E-state index contributed by atoms with van der Waals surface area (Å²) in [4.78, 5) is 4.78. The summed E-state index contributed by atoms with van der Waals surface area (Å²) in [6.45, 7) is 3.12. The summed E-state index contributed by atoms with van der Waals surface area (Å²) >= 11 is 0. The summed E-state index contributed by atoms with van der Waals surface area (Å²) in [5, 5.41) is 0. The van der Waals surface area contributed by atoms with E-state index >= 15 is 0 Å². The van der Waals surface area contributed by atoms with Gasteiger partial charge in [0.15, 0.2) is 0 Å². The van der Waals surface area contributed by atoms with Crippen LogP contribution in [0.2, 0.25) is 0 Å². The van der Waals surface area contributed by atoms with Crippen LogP contribution in [0.5, 0.6) is 0 Å². The van der Waals surface area contributed by atoms with Gasteiger partial charge in [-0.15, -0.1) is 0 Å². The predicted octanol–water partition coefficient (Wildman–Crippen LogP) is 3.60. The Labute approximate surface area is 148 Å². The van der Waals surface area contributed by atoms with Crippen molar-refractivity contribution in [2.24, 2.45) is 0 Å². The minimum absolute atomic E-state index is 0.599. The minimum Gasteiger partial charge on any atom is -0.328 e. The van der Waals surface area contributed by atoms with E-state index in [0.29, 0.717) is 5.69 Å². The molecule has 0 radical (unpaired) electrons. The molecule has 132 valence electrons. The third-order valence-electron chi connectivity index (χ3n) is 4.05. The van der Waals surface area contributed by atoms with Gasteiger partial charge in [0, 0.05) is 18.7 Å². The van der Waals surface area contributed by atoms with E-state index in [0.717, 1.165) is 49.0 Å². The van der Waals surface area contributed by atoms with Crippen LogP contribution in [-0.4, -0.2) is 24.2 Å². The van der Waals surface area contributed by atoms with Crippen molar-refractivity contribution in [2.75, 3.05) is 11.0 Å². The van der Waals surface area contributed by atoms with E-state index in [1.54, 1.807) is 6.07 Å². The average Bonchev–Trinajstić information content (AvgIpc) is 2.90. The normalized spacial score (nSPS) is 11.8. The first-order valence-corrected chi connectivity index (χ1v) is 10.4. The maximum Gasteiger partial charge on any atom is 0.229 e. The third kappa shape index (κ3) is 4.39. The molecule has 0 unspecified atom stereocenters. The summed E-state index contributed by atoms with van der Waals surface area (Å²) in [6.07, 6.45) is 3.84. The average molecular weight is 357 g/mol. The molecule has 1 aromatic heterocycles. The summed E-state index contributed by atoms with van der Waals surface area (Å²) in [6, 6.07) is 15.7. The zero-order chi connectivity index (χ0) is 17.9. The molecule has 0 aliphatic heterocycles. The second-order valence-corrected chi connectivity index (χ2v) is 7.99. The van der Waals surface area contributed by atoms with Crippen molar-refractivity contribution < 1.29 is 8.42 Å². The predicted molar refractivity (Wildman–Crippen MR) is 102 cm³/mol. The zero-order valence-corrected chi connectivity index (χ0v) is 15.4. The lowest BCUT2D eigenvalue weighted by atomic mass is 10.1. The number of nitrogens with one attached hydrogen (secondary N) is 1. The fourth-order valence-corrected chi connectivity index (χ4v) is 3.61. The van der Waals surface area contributed by atoms with Crippen molar-refractivity contribution >= 4 is 26.7 Å². The highest BCUT2D eigenvalue weighted by atomic mass is 32.2. The largest absolute Gasteiger partial charge is 0.328 e. The molecule has 25 heavy (non-hydrogen) atoms. The summed E-state index contributed by atoms with van der Waals surface area (Å²) in [5.41, 5.74) is 3.89. The number of para-hydroxylation sites is 2. The van der Waals surface area contributed by atoms with Gasteiger partial charge in [0.2, 0.25) is 10.0 Å². The highest BCUT2D eigenvalue weighted by molar-refractivity contribution is 7.92. The topological polar surface area (TPSA) is 64.0 Å². The SMILES string of the molecule is CCCn1c(CCc2cccc(NS(C)(=O)=O)c2)nc2ccccc21. The molecule has 3 aromatic rings. The van der Waals surface area contributed by atoms with E-state index in [1.165, 1.54) is 5.52 Å². The Hall–Kier alpha value is -2.34. The number of hydrogen-bond donors (Lipinski definition) is 1. The van der Waals surface area contributed by atoms with E-state index in [-0.39, 0.29) is 0 Å². The monoisotopic (exact) mass is 357 g/mol. The van der Waals surface area contributed by atoms with Gasteiger partial charge in [0.1, 0.15) is 5.82 Å². The van der Waals surface area contributed by atoms with Gasteiger partial charge in [0.25, 0.3) is 0 Å². The Balaban J connectivity index is 1.81. The van der Waals surface area contributed by atoms with E-state index in [9.17, 15) is 8.42 Å². The molecule has 0 atom stereocenters. The molecule has 6 heteroatoms. The Morgan fingerprint density at radius 3 is 2.64 bits per heavy atom. The van der Waals surface area contributed by atoms with Crippen molar-refractivity contribution in [1.29, 1.82) is 0 Å². The fraction of sp³-hybridized carbons (Fsp3) is 0.316. The number of rotatable bonds is 7. The summed E-state index contributed by atoms with van der Waals surface area (Å²) < 4.78 is 27.6. The van der Waals surface area contributed by atoms with Gasteiger partial charge in [-0.1, -0.05) is 31.2 Å². The second kappa shape index (κ2) is 7.27. The first-order chi connectivity index (χ1) is 12.0. The molecule has 5 nitrogen and oxygen atoms in total. The number of aryl methyl sites for hydroxylation is 3. The first-order valence-electron chi connectivity index (χ1n) is 8.47. The van der Waals surface area contributed by atoms with Crippen molar-refractivity contribution in [3.8, 4) is 0 Å². The summed E-state index contributed by atoms with van der Waals surface area (Å²) in [7, 11) is -3.26. The van der Waals surface area contributed by atoms with Crippen LogP contribution in [0.15, 0.2) is 48.5 Å². The van der Waals surface area contributed by atoms with Crippen molar-refractivity contribution in [3.05, 3.63) is 59.9 Å². The molecular weight excluding hydrogens is 334 g/mol. The molecule has 0 amide bonds. The third-order valence-corrected chi connectivity index (χ3v) is 4.65. The van der Waals surface area contributed by atoms with Gasteiger partial charge in [-0.05, 0) is 42.7 Å². The van der Waals surface area contributed by atoms with Crippen LogP contribution in [0.3, 0.4) is 0 Å². The zero-order valence-electron chi connectivity index (χ0n) is 14.6. The lowest BCUT2D eigenvalue weighted by Gasteiger charge is -2.09. The Morgan fingerprint density at radius 1 is 1.08 bits per heavy atom. The molecule has 1 N–H and O–H groups in total. The van der Waals surface area contributed by atoms with Crippen LogP contribution in [0.1, 0.15) is 24.7 Å². The number of hydrogen-bond acceptors (Lipinski definition) is 3. The number of nitrogens with zero attached hydrogens (tertiary/aromatic N) is 2. The standard InChI is InChI=1S/C19H23N3O2S/c1-3-13-22-18-10-5-4-9-17(18)20-19(22)12-11-15-7-6-8-16(14-15)21-25(2,23)24/h4-10,14,21H,3,11-13H2,1-2H3. The highest BCUT2D eigenvalue weighted by Crippen LogP contribution is 2.19. The van der Waals surface area contributed by atoms with Crippen LogP contribution < -0.4 is 4.72 Å². The molecular formula is C19H23N3O2S. The van der Waals surface area contributed by atoms with Gasteiger partial charge >= 0.3 is 0 Å². The molecule has 0 fully saturated rings. The number of aromatic nitrogens is 2. The van der Waals surface area contributed by atoms with Gasteiger partial charge < -0.3 is 4.57 Å². The quantitative estimate of drug-likeness (QED) is 0.703. The molecule has 1 heterocycles. The van der Waals surface area contributed by atoms with Crippen molar-refractivity contribution in [2.45, 2.75) is 32.7 Å². The van der Waals surface area contributed by atoms with Crippen LogP contribution in [0.4, 0.5) is 5.69 Å². The fourth-order valence-electron chi connectivity index (χ4n) is 3.05. The molecule has 0 bridgehead atoms. The maximum atomic E-state index is 11.4. The van der Waals surface area contributed by atoms with Crippen molar-refractivity contribution in [1.82, 2.24) is 9.55 Å². The number of anilines is 1. The van der Waals surface area contributed by atoms with E-state index in [4.69, 9.17) is 4.98 Å². The Kier molecular flexibility index (Phi) is 5.08. The minimum atomic E-state index is -3.26. The Bertz CT molecular complexity index is 977. The molecule has 0 saturated heterocycles. The number of imidazole rings is 1. The maximum absolute atomic E-state index is 11.4. The lowest BCUT2D eigenvalue weighted by molar-refractivity contribution is 0.607. The van der Waals surface area contributed by atoms with Gasteiger partial charge in [-0.25, -0.2) is 13.4 Å². The molecule has 2 aromatic carbocycles. The van der Waals surface area contributed by atoms with E-state index in [2.05, 4.69) is 22.3 Å². The van der Waals surface area contributed by atoms with E-state index in [1.807, 2.05) is 36.4 Å². The lowest BCUT2D eigenvalue weighted by Crippen LogP contribution is -2.10. The van der Waals surface area contributed by atoms with Crippen LogP contribution in [0, 0.1) is 0 Å². The molecule has 0 aliphatic rings. The van der Waals surface area contributed by atoms with Gasteiger partial charge in [-0.2, -0.15) is 0 Å². The molecule has 3 rings (SSSR count). The Morgan fingerprint density at radius 2 is 1.88 bits per heavy atom. The van der Waals surface area contributed by atoms with Crippen LogP contribution in [-0.2, 0) is 29.4 Å². The molecule has 0 spiro atoms. The molecule has 0 aliphatic carbocycles. The summed E-state index contributed by atoms with van der Waals surface area (Å²) in [5.74, 6) is 1.07.